The van der Waals surface area contributed by atoms with Crippen molar-refractivity contribution < 1.29 is 0 Å². The van der Waals surface area contributed by atoms with Crippen LogP contribution in [0.1, 0.15) is 39.2 Å². The molecule has 0 bridgehead atoms. The largest absolute Gasteiger partial charge is 0.353 e. The van der Waals surface area contributed by atoms with Crippen molar-refractivity contribution >= 4 is 23.4 Å². The van der Waals surface area contributed by atoms with Gasteiger partial charge >= 0.3 is 0 Å². The number of anilines is 2. The van der Waals surface area contributed by atoms with E-state index in [0.717, 1.165) is 55.9 Å². The minimum Gasteiger partial charge on any atom is -0.353 e. The van der Waals surface area contributed by atoms with Gasteiger partial charge < -0.3 is 9.80 Å². The van der Waals surface area contributed by atoms with Gasteiger partial charge in [0.05, 0.1) is 17.4 Å². The first-order valence-electron chi connectivity index (χ1n) is 8.72. The second-order valence-electron chi connectivity index (χ2n) is 7.32. The van der Waals surface area contributed by atoms with Crippen molar-refractivity contribution in [1.29, 1.82) is 0 Å². The molecule has 0 radical (unpaired) electrons. The van der Waals surface area contributed by atoms with E-state index in [1.807, 2.05) is 0 Å². The molecular formula is C18H25ClN6. The molecule has 2 aromatic heterocycles. The van der Waals surface area contributed by atoms with Crippen LogP contribution >= 0.6 is 11.6 Å². The molecule has 1 aliphatic heterocycles. The Labute approximate surface area is 154 Å². The molecule has 1 fully saturated rings. The van der Waals surface area contributed by atoms with Gasteiger partial charge in [-0.1, -0.05) is 39.3 Å². The second kappa shape index (κ2) is 7.12. The van der Waals surface area contributed by atoms with E-state index in [1.165, 1.54) is 0 Å². The molecule has 1 aliphatic rings. The molecule has 134 valence electrons. The number of halogens is 1. The molecule has 2 aromatic rings. The highest BCUT2D eigenvalue weighted by Crippen LogP contribution is 2.24. The Kier molecular flexibility index (Phi) is 5.08. The third kappa shape index (κ3) is 4.18. The van der Waals surface area contributed by atoms with Gasteiger partial charge in [-0.3, -0.25) is 0 Å². The Morgan fingerprint density at radius 2 is 1.60 bits per heavy atom. The van der Waals surface area contributed by atoms with E-state index in [0.29, 0.717) is 5.02 Å². The number of nitrogens with zero attached hydrogens (tertiary/aromatic N) is 6. The van der Waals surface area contributed by atoms with Crippen LogP contribution in [0, 0.1) is 0 Å². The third-order valence-electron chi connectivity index (χ3n) is 4.29. The predicted octanol–water partition coefficient (Wildman–Crippen LogP) is 3.11. The Morgan fingerprint density at radius 3 is 2.16 bits per heavy atom. The molecule has 1 saturated heterocycles. The summed E-state index contributed by atoms with van der Waals surface area (Å²) in [6.07, 6.45) is 4.20. The summed E-state index contributed by atoms with van der Waals surface area (Å²) in [6, 6.07) is 2.11. The van der Waals surface area contributed by atoms with E-state index in [2.05, 4.69) is 53.5 Å². The van der Waals surface area contributed by atoms with Crippen LogP contribution in [0.15, 0.2) is 18.5 Å². The lowest BCUT2D eigenvalue weighted by Crippen LogP contribution is -2.47. The third-order valence-corrected chi connectivity index (χ3v) is 4.49. The van der Waals surface area contributed by atoms with E-state index in [-0.39, 0.29) is 5.41 Å². The maximum absolute atomic E-state index is 5.87. The van der Waals surface area contributed by atoms with E-state index in [9.17, 15) is 0 Å². The van der Waals surface area contributed by atoms with Crippen molar-refractivity contribution in [2.45, 2.75) is 39.5 Å². The SMILES string of the molecule is CCc1cc(N2CCN(c3ncc(Cl)cn3)CC2)nc(C(C)(C)C)n1. The molecule has 0 aliphatic carbocycles. The molecule has 3 heterocycles. The van der Waals surface area contributed by atoms with Gasteiger partial charge in [0.2, 0.25) is 5.95 Å². The fraction of sp³-hybridized carbons (Fsp3) is 0.556. The first-order valence-corrected chi connectivity index (χ1v) is 9.10. The summed E-state index contributed by atoms with van der Waals surface area (Å²) in [7, 11) is 0. The minimum absolute atomic E-state index is 0.0566. The van der Waals surface area contributed by atoms with Gasteiger partial charge in [-0.2, -0.15) is 0 Å². The van der Waals surface area contributed by atoms with Crippen LogP contribution in [0.25, 0.3) is 0 Å². The maximum atomic E-state index is 5.87. The summed E-state index contributed by atoms with van der Waals surface area (Å²) in [6.45, 7) is 12.1. The molecule has 0 atom stereocenters. The number of piperazine rings is 1. The summed E-state index contributed by atoms with van der Waals surface area (Å²) in [5.41, 5.74) is 1.04. The number of hydrogen-bond donors (Lipinski definition) is 0. The number of rotatable bonds is 3. The highest BCUT2D eigenvalue weighted by atomic mass is 35.5. The van der Waals surface area contributed by atoms with E-state index < -0.39 is 0 Å². The summed E-state index contributed by atoms with van der Waals surface area (Å²) >= 11 is 5.87. The molecule has 0 aromatic carbocycles. The Morgan fingerprint density at radius 1 is 1.00 bits per heavy atom. The smallest absolute Gasteiger partial charge is 0.225 e. The monoisotopic (exact) mass is 360 g/mol. The lowest BCUT2D eigenvalue weighted by molar-refractivity contribution is 0.538. The fourth-order valence-electron chi connectivity index (χ4n) is 2.77. The quantitative estimate of drug-likeness (QED) is 0.838. The van der Waals surface area contributed by atoms with Crippen LogP contribution < -0.4 is 9.80 Å². The van der Waals surface area contributed by atoms with Crippen LogP contribution in [0.3, 0.4) is 0 Å². The van der Waals surface area contributed by atoms with Crippen LogP contribution in [0.2, 0.25) is 5.02 Å². The van der Waals surface area contributed by atoms with E-state index in [4.69, 9.17) is 21.6 Å². The number of aromatic nitrogens is 4. The standard InChI is InChI=1S/C18H25ClN6/c1-5-14-10-15(23-16(22-14)18(2,3)4)24-6-8-25(9-7-24)17-20-11-13(19)12-21-17/h10-12H,5-9H2,1-4H3. The number of aryl methyl sites for hydroxylation is 1. The minimum atomic E-state index is -0.0566. The normalized spacial score (nSPS) is 15.6. The molecular weight excluding hydrogens is 336 g/mol. The van der Waals surface area contributed by atoms with Crippen molar-refractivity contribution in [2.24, 2.45) is 0 Å². The van der Waals surface area contributed by atoms with E-state index in [1.54, 1.807) is 12.4 Å². The lowest BCUT2D eigenvalue weighted by atomic mass is 9.95. The Bertz CT molecular complexity index is 717. The average Bonchev–Trinajstić information content (AvgIpc) is 2.61. The Balaban J connectivity index is 1.75. The predicted molar refractivity (Wildman–Crippen MR) is 102 cm³/mol. The molecule has 3 rings (SSSR count). The zero-order valence-corrected chi connectivity index (χ0v) is 16.1. The summed E-state index contributed by atoms with van der Waals surface area (Å²) in [4.78, 5) is 22.7. The van der Waals surface area contributed by atoms with Gasteiger partial charge in [0.25, 0.3) is 0 Å². The van der Waals surface area contributed by atoms with Crippen LogP contribution in [-0.2, 0) is 11.8 Å². The van der Waals surface area contributed by atoms with Gasteiger partial charge in [0, 0.05) is 43.4 Å². The zero-order valence-electron chi connectivity index (χ0n) is 15.3. The van der Waals surface area contributed by atoms with Crippen molar-refractivity contribution in [3.63, 3.8) is 0 Å². The molecule has 0 amide bonds. The highest BCUT2D eigenvalue weighted by Gasteiger charge is 2.23. The summed E-state index contributed by atoms with van der Waals surface area (Å²) in [5.74, 6) is 2.66. The molecule has 0 saturated carbocycles. The van der Waals surface area contributed by atoms with Crippen molar-refractivity contribution in [3.8, 4) is 0 Å². The molecule has 6 nitrogen and oxygen atoms in total. The van der Waals surface area contributed by atoms with Gasteiger partial charge in [0.15, 0.2) is 0 Å². The van der Waals surface area contributed by atoms with Gasteiger partial charge in [-0.25, -0.2) is 19.9 Å². The highest BCUT2D eigenvalue weighted by molar-refractivity contribution is 6.30. The molecule has 0 unspecified atom stereocenters. The van der Waals surface area contributed by atoms with Gasteiger partial charge in [-0.15, -0.1) is 0 Å². The maximum Gasteiger partial charge on any atom is 0.225 e. The van der Waals surface area contributed by atoms with Crippen LogP contribution in [0.4, 0.5) is 11.8 Å². The molecule has 0 N–H and O–H groups in total. The lowest BCUT2D eigenvalue weighted by Gasteiger charge is -2.36. The first kappa shape index (κ1) is 17.9. The Hall–Kier alpha value is -1.95. The van der Waals surface area contributed by atoms with Crippen molar-refractivity contribution in [1.82, 2.24) is 19.9 Å². The average molecular weight is 361 g/mol. The van der Waals surface area contributed by atoms with Crippen LogP contribution in [-0.4, -0.2) is 46.1 Å². The summed E-state index contributed by atoms with van der Waals surface area (Å²) in [5, 5.41) is 0.560. The first-order chi connectivity index (χ1) is 11.9. The topological polar surface area (TPSA) is 58.0 Å². The van der Waals surface area contributed by atoms with Crippen LogP contribution in [0.5, 0.6) is 0 Å². The molecule has 25 heavy (non-hydrogen) atoms. The van der Waals surface area contributed by atoms with E-state index >= 15 is 0 Å². The van der Waals surface area contributed by atoms with Gasteiger partial charge in [0.1, 0.15) is 11.6 Å². The van der Waals surface area contributed by atoms with Crippen molar-refractivity contribution in [2.75, 3.05) is 36.0 Å². The fourth-order valence-corrected chi connectivity index (χ4v) is 2.86. The second-order valence-corrected chi connectivity index (χ2v) is 7.76. The number of hydrogen-bond acceptors (Lipinski definition) is 6. The molecule has 0 spiro atoms. The van der Waals surface area contributed by atoms with Gasteiger partial charge in [-0.05, 0) is 6.42 Å². The zero-order chi connectivity index (χ0) is 18.0. The summed E-state index contributed by atoms with van der Waals surface area (Å²) < 4.78 is 0. The molecule has 7 heteroatoms. The van der Waals surface area contributed by atoms with Crippen molar-refractivity contribution in [3.05, 3.63) is 35.0 Å².